The van der Waals surface area contributed by atoms with E-state index < -0.39 is 0 Å². The minimum Gasteiger partial charge on any atom is -0.496 e. The van der Waals surface area contributed by atoms with Crippen LogP contribution in [0.1, 0.15) is 24.8 Å². The van der Waals surface area contributed by atoms with Gasteiger partial charge in [0.25, 0.3) is 0 Å². The molecule has 0 atom stereocenters. The summed E-state index contributed by atoms with van der Waals surface area (Å²) in [7, 11) is 1.62. The molecule has 2 N–H and O–H groups in total. The Morgan fingerprint density at radius 3 is 2.57 bits per heavy atom. The highest BCUT2D eigenvalue weighted by molar-refractivity contribution is 5.93. The van der Waals surface area contributed by atoms with Gasteiger partial charge in [-0.1, -0.05) is 30.3 Å². The monoisotopic (exact) mass is 383 g/mol. The zero-order valence-electron chi connectivity index (χ0n) is 16.4. The quantitative estimate of drug-likeness (QED) is 0.765. The van der Waals surface area contributed by atoms with E-state index in [1.807, 2.05) is 42.5 Å². The summed E-state index contributed by atoms with van der Waals surface area (Å²) in [6.45, 7) is 2.53. The number of carbonyl (C=O) groups excluding carboxylic acids is 1. The van der Waals surface area contributed by atoms with Gasteiger partial charge in [0.15, 0.2) is 0 Å². The van der Waals surface area contributed by atoms with Crippen LogP contribution in [0, 0.1) is 0 Å². The summed E-state index contributed by atoms with van der Waals surface area (Å²) in [5, 5.41) is 12.5. The number of piperidine rings is 1. The number of hydrogen-bond acceptors (Lipinski definition) is 4. The lowest BCUT2D eigenvalue weighted by Crippen LogP contribution is -2.37. The summed E-state index contributed by atoms with van der Waals surface area (Å²) in [6.07, 6.45) is 3.60. The molecule has 0 radical (unpaired) electrons. The van der Waals surface area contributed by atoms with Crippen molar-refractivity contribution in [3.63, 3.8) is 0 Å². The molecule has 150 valence electrons. The molecule has 0 aliphatic carbocycles. The van der Waals surface area contributed by atoms with E-state index in [0.717, 1.165) is 35.8 Å². The van der Waals surface area contributed by atoms with Crippen LogP contribution in [0.2, 0.25) is 0 Å². The third kappa shape index (κ3) is 4.95. The lowest BCUT2D eigenvalue weighted by atomic mass is 10.1. The number of carbonyl (C=O) groups is 1. The van der Waals surface area contributed by atoms with Gasteiger partial charge in [-0.05, 0) is 37.5 Å². The average molecular weight is 383 g/mol. The minimum absolute atomic E-state index is 0.101. The summed E-state index contributed by atoms with van der Waals surface area (Å²) < 4.78 is 5.39. The number of ether oxygens (including phenoxy) is 1. The van der Waals surface area contributed by atoms with E-state index in [1.165, 1.54) is 19.3 Å². The van der Waals surface area contributed by atoms with E-state index in [1.54, 1.807) is 12.0 Å². The van der Waals surface area contributed by atoms with Gasteiger partial charge in [-0.15, -0.1) is 0 Å². The number of amides is 2. The zero-order valence-corrected chi connectivity index (χ0v) is 16.4. The number of para-hydroxylation sites is 3. The van der Waals surface area contributed by atoms with Crippen molar-refractivity contribution in [2.45, 2.75) is 25.8 Å². The van der Waals surface area contributed by atoms with Gasteiger partial charge in [-0.3, -0.25) is 0 Å². The van der Waals surface area contributed by atoms with E-state index in [-0.39, 0.29) is 19.2 Å². The molecule has 1 aliphatic rings. The molecule has 0 spiro atoms. The van der Waals surface area contributed by atoms with Gasteiger partial charge in [0, 0.05) is 25.2 Å². The van der Waals surface area contributed by atoms with Crippen molar-refractivity contribution in [2.75, 3.05) is 43.6 Å². The van der Waals surface area contributed by atoms with Crippen molar-refractivity contribution in [1.29, 1.82) is 0 Å². The Morgan fingerprint density at radius 1 is 1.11 bits per heavy atom. The molecule has 6 nitrogen and oxygen atoms in total. The number of benzene rings is 2. The van der Waals surface area contributed by atoms with Gasteiger partial charge in [-0.25, -0.2) is 4.79 Å². The van der Waals surface area contributed by atoms with E-state index in [0.29, 0.717) is 6.54 Å². The van der Waals surface area contributed by atoms with E-state index in [4.69, 9.17) is 4.74 Å². The Balaban J connectivity index is 1.76. The predicted octanol–water partition coefficient (Wildman–Crippen LogP) is 3.71. The smallest absolute Gasteiger partial charge is 0.322 e. The number of nitrogens with zero attached hydrogens (tertiary/aromatic N) is 2. The first kappa shape index (κ1) is 20.0. The Bertz CT molecular complexity index is 775. The largest absolute Gasteiger partial charge is 0.496 e. The molecule has 1 aliphatic heterocycles. The van der Waals surface area contributed by atoms with Gasteiger partial charge < -0.3 is 25.0 Å². The first-order valence-corrected chi connectivity index (χ1v) is 9.85. The molecule has 0 aromatic heterocycles. The van der Waals surface area contributed by atoms with Crippen LogP contribution in [-0.4, -0.2) is 49.4 Å². The molecule has 2 aromatic rings. The van der Waals surface area contributed by atoms with Gasteiger partial charge >= 0.3 is 6.03 Å². The Morgan fingerprint density at radius 2 is 1.82 bits per heavy atom. The number of rotatable bonds is 7. The summed E-state index contributed by atoms with van der Waals surface area (Å²) in [6, 6.07) is 15.3. The van der Waals surface area contributed by atoms with Crippen molar-refractivity contribution < 1.29 is 14.6 Å². The summed E-state index contributed by atoms with van der Waals surface area (Å²) >= 11 is 0. The number of methoxy groups -OCH3 is 1. The van der Waals surface area contributed by atoms with Crippen molar-refractivity contribution in [2.24, 2.45) is 0 Å². The first-order valence-electron chi connectivity index (χ1n) is 9.85. The second kappa shape index (κ2) is 9.99. The molecule has 0 unspecified atom stereocenters. The van der Waals surface area contributed by atoms with Crippen molar-refractivity contribution >= 4 is 17.4 Å². The maximum Gasteiger partial charge on any atom is 0.322 e. The molecular formula is C22H29N3O3. The molecule has 1 saturated heterocycles. The summed E-state index contributed by atoms with van der Waals surface area (Å²) in [5.74, 6) is 0.729. The molecule has 0 saturated carbocycles. The topological polar surface area (TPSA) is 65.0 Å². The fourth-order valence-electron chi connectivity index (χ4n) is 3.60. The standard InChI is InChI=1S/C22H29N3O3/c1-28-21-12-6-3-9-18(21)17-25(15-16-26)22(27)23-19-10-4-5-11-20(19)24-13-7-2-8-14-24/h3-6,9-12,26H,2,7-8,13-17H2,1H3,(H,23,27). The van der Waals surface area contributed by atoms with Crippen molar-refractivity contribution in [3.8, 4) is 5.75 Å². The van der Waals surface area contributed by atoms with Crippen LogP contribution in [0.5, 0.6) is 5.75 Å². The van der Waals surface area contributed by atoms with Crippen molar-refractivity contribution in [3.05, 3.63) is 54.1 Å². The number of aliphatic hydroxyl groups excluding tert-OH is 1. The van der Waals surface area contributed by atoms with Crippen molar-refractivity contribution in [1.82, 2.24) is 4.90 Å². The number of aliphatic hydroxyl groups is 1. The molecule has 1 heterocycles. The van der Waals surface area contributed by atoms with Crippen LogP contribution in [0.4, 0.5) is 16.2 Å². The van der Waals surface area contributed by atoms with E-state index in [2.05, 4.69) is 16.3 Å². The molecule has 28 heavy (non-hydrogen) atoms. The molecule has 2 aromatic carbocycles. The fraction of sp³-hybridized carbons (Fsp3) is 0.409. The Labute approximate surface area is 166 Å². The van der Waals surface area contributed by atoms with Gasteiger partial charge in [0.2, 0.25) is 0 Å². The fourth-order valence-corrected chi connectivity index (χ4v) is 3.60. The second-order valence-corrected chi connectivity index (χ2v) is 6.95. The average Bonchev–Trinajstić information content (AvgIpc) is 2.75. The van der Waals surface area contributed by atoms with Gasteiger partial charge in [-0.2, -0.15) is 0 Å². The van der Waals surface area contributed by atoms with Crippen LogP contribution in [0.25, 0.3) is 0 Å². The highest BCUT2D eigenvalue weighted by atomic mass is 16.5. The maximum absolute atomic E-state index is 13.0. The van der Waals surface area contributed by atoms with Crippen LogP contribution in [0.15, 0.2) is 48.5 Å². The second-order valence-electron chi connectivity index (χ2n) is 6.95. The van der Waals surface area contributed by atoms with Crippen LogP contribution in [-0.2, 0) is 6.54 Å². The molecule has 6 heteroatoms. The number of urea groups is 1. The van der Waals surface area contributed by atoms with Gasteiger partial charge in [0.1, 0.15) is 5.75 Å². The van der Waals surface area contributed by atoms with Crippen LogP contribution >= 0.6 is 0 Å². The summed E-state index contributed by atoms with van der Waals surface area (Å²) in [4.78, 5) is 16.9. The normalized spacial score (nSPS) is 13.9. The Hall–Kier alpha value is -2.73. The SMILES string of the molecule is COc1ccccc1CN(CCO)C(=O)Nc1ccccc1N1CCCCC1. The molecule has 2 amide bonds. The van der Waals surface area contributed by atoms with Crippen LogP contribution < -0.4 is 15.0 Å². The van der Waals surface area contributed by atoms with Crippen LogP contribution in [0.3, 0.4) is 0 Å². The molecule has 1 fully saturated rings. The number of hydrogen-bond donors (Lipinski definition) is 2. The minimum atomic E-state index is -0.232. The third-order valence-electron chi connectivity index (χ3n) is 5.05. The lowest BCUT2D eigenvalue weighted by Gasteiger charge is -2.31. The maximum atomic E-state index is 13.0. The molecular weight excluding hydrogens is 354 g/mol. The number of anilines is 2. The highest BCUT2D eigenvalue weighted by Gasteiger charge is 2.19. The predicted molar refractivity (Wildman–Crippen MR) is 112 cm³/mol. The molecule has 0 bridgehead atoms. The first-order chi connectivity index (χ1) is 13.7. The highest BCUT2D eigenvalue weighted by Crippen LogP contribution is 2.29. The third-order valence-corrected chi connectivity index (χ3v) is 5.05. The Kier molecular flexibility index (Phi) is 7.14. The number of nitrogens with one attached hydrogen (secondary N) is 1. The lowest BCUT2D eigenvalue weighted by molar-refractivity contribution is 0.184. The zero-order chi connectivity index (χ0) is 19.8. The van der Waals surface area contributed by atoms with E-state index >= 15 is 0 Å². The summed E-state index contributed by atoms with van der Waals surface area (Å²) in [5.41, 5.74) is 2.76. The van der Waals surface area contributed by atoms with E-state index in [9.17, 15) is 9.90 Å². The molecule has 3 rings (SSSR count). The van der Waals surface area contributed by atoms with Gasteiger partial charge in [0.05, 0.1) is 31.6 Å².